The second-order valence-electron chi connectivity index (χ2n) is 3.21. The summed E-state index contributed by atoms with van der Waals surface area (Å²) in [5, 5.41) is 19.6. The van der Waals surface area contributed by atoms with Crippen molar-refractivity contribution in [3.05, 3.63) is 35.9 Å². The molecule has 0 heterocycles. The van der Waals surface area contributed by atoms with E-state index in [9.17, 15) is 9.90 Å². The molecule has 2 aromatic carbocycles. The number of rotatable bonds is 1. The molecule has 0 spiro atoms. The fraction of sp³-hybridized carbons (Fsp3) is 0. The van der Waals surface area contributed by atoms with Crippen LogP contribution in [0.25, 0.3) is 10.8 Å². The number of hydrogen-bond acceptors (Lipinski definition) is 3. The molecule has 0 fully saturated rings. The molecule has 0 aliphatic rings. The van der Waals surface area contributed by atoms with Crippen LogP contribution in [-0.2, 0) is 0 Å². The third-order valence-corrected chi connectivity index (χ3v) is 2.28. The van der Waals surface area contributed by atoms with Gasteiger partial charge in [-0.25, -0.2) is 4.79 Å². The molecule has 0 amide bonds. The summed E-state index contributed by atoms with van der Waals surface area (Å²) in [5.41, 5.74) is 5.37. The van der Waals surface area contributed by atoms with Gasteiger partial charge in [-0.1, -0.05) is 24.3 Å². The van der Waals surface area contributed by atoms with Crippen LogP contribution in [0.2, 0.25) is 0 Å². The number of benzene rings is 2. The van der Waals surface area contributed by atoms with Gasteiger partial charge in [0.15, 0.2) is 0 Å². The van der Waals surface area contributed by atoms with Crippen molar-refractivity contribution in [2.24, 2.45) is 0 Å². The molecule has 2 aromatic rings. The summed E-state index contributed by atoms with van der Waals surface area (Å²) in [6.45, 7) is 0. The van der Waals surface area contributed by atoms with E-state index >= 15 is 0 Å². The third-order valence-electron chi connectivity index (χ3n) is 2.28. The maximum atomic E-state index is 11.0. The number of nitrogen functional groups attached to an aromatic ring is 1. The van der Waals surface area contributed by atoms with Crippen LogP contribution in [0.1, 0.15) is 10.4 Å². The smallest absolute Gasteiger partial charge is 0.338 e. The molecular formula is C11H9NO3. The average molecular weight is 203 g/mol. The van der Waals surface area contributed by atoms with Crippen molar-refractivity contribution in [1.82, 2.24) is 0 Å². The van der Waals surface area contributed by atoms with E-state index in [2.05, 4.69) is 0 Å². The quantitative estimate of drug-likeness (QED) is 0.487. The van der Waals surface area contributed by atoms with Gasteiger partial charge in [0.2, 0.25) is 0 Å². The van der Waals surface area contributed by atoms with Crippen molar-refractivity contribution >= 4 is 22.4 Å². The second kappa shape index (κ2) is 3.16. The van der Waals surface area contributed by atoms with Crippen LogP contribution in [0.5, 0.6) is 5.75 Å². The van der Waals surface area contributed by atoms with Gasteiger partial charge in [-0.15, -0.1) is 0 Å². The standard InChI is InChI=1S/C11H9NO3/c12-10-8(13)5-6-3-1-2-4-7(6)9(10)11(14)15/h1-5,13H,12H2,(H,14,15). The van der Waals surface area contributed by atoms with E-state index in [0.29, 0.717) is 10.8 Å². The van der Waals surface area contributed by atoms with Crippen LogP contribution in [0, 0.1) is 0 Å². The minimum atomic E-state index is -1.14. The van der Waals surface area contributed by atoms with Gasteiger partial charge in [0, 0.05) is 0 Å². The summed E-state index contributed by atoms with van der Waals surface area (Å²) in [5.74, 6) is -1.34. The minimum absolute atomic E-state index is 0.0504. The van der Waals surface area contributed by atoms with Gasteiger partial charge >= 0.3 is 5.97 Å². The first-order valence-corrected chi connectivity index (χ1v) is 4.34. The maximum absolute atomic E-state index is 11.0. The molecule has 0 aromatic heterocycles. The Kier molecular flexibility index (Phi) is 1.97. The Hall–Kier alpha value is -2.23. The van der Waals surface area contributed by atoms with Crippen molar-refractivity contribution in [3.8, 4) is 5.75 Å². The van der Waals surface area contributed by atoms with E-state index in [0.717, 1.165) is 0 Å². The van der Waals surface area contributed by atoms with Crippen molar-refractivity contribution in [1.29, 1.82) is 0 Å². The molecule has 0 aliphatic heterocycles. The van der Waals surface area contributed by atoms with Crippen molar-refractivity contribution < 1.29 is 15.0 Å². The number of nitrogens with two attached hydrogens (primary N) is 1. The number of fused-ring (bicyclic) bond motifs is 1. The largest absolute Gasteiger partial charge is 0.506 e. The zero-order valence-electron chi connectivity index (χ0n) is 7.77. The van der Waals surface area contributed by atoms with Crippen LogP contribution in [0.15, 0.2) is 30.3 Å². The van der Waals surface area contributed by atoms with E-state index in [4.69, 9.17) is 10.8 Å². The SMILES string of the molecule is Nc1c(O)cc2ccccc2c1C(=O)O. The summed E-state index contributed by atoms with van der Waals surface area (Å²) in [4.78, 5) is 11.0. The molecule has 4 nitrogen and oxygen atoms in total. The Bertz CT molecular complexity index is 549. The summed E-state index contributed by atoms with van der Waals surface area (Å²) < 4.78 is 0. The molecule has 0 aliphatic carbocycles. The van der Waals surface area contributed by atoms with Crippen LogP contribution >= 0.6 is 0 Å². The summed E-state index contributed by atoms with van der Waals surface area (Å²) in [6.07, 6.45) is 0. The Morgan fingerprint density at radius 2 is 1.93 bits per heavy atom. The minimum Gasteiger partial charge on any atom is -0.506 e. The molecule has 0 unspecified atom stereocenters. The Morgan fingerprint density at radius 3 is 2.60 bits per heavy atom. The molecule has 0 atom stereocenters. The van der Waals surface area contributed by atoms with Crippen molar-refractivity contribution in [3.63, 3.8) is 0 Å². The predicted molar refractivity (Wildman–Crippen MR) is 57.0 cm³/mol. The van der Waals surface area contributed by atoms with Gasteiger partial charge in [-0.05, 0) is 16.8 Å². The summed E-state index contributed by atoms with van der Waals surface area (Å²) in [7, 11) is 0. The predicted octanol–water partition coefficient (Wildman–Crippen LogP) is 1.83. The lowest BCUT2D eigenvalue weighted by Gasteiger charge is -2.07. The number of aromatic hydroxyl groups is 1. The molecule has 15 heavy (non-hydrogen) atoms. The first-order valence-electron chi connectivity index (χ1n) is 4.34. The topological polar surface area (TPSA) is 83.5 Å². The number of phenolic OH excluding ortho intramolecular Hbond substituents is 1. The Labute approximate surface area is 85.6 Å². The van der Waals surface area contributed by atoms with E-state index in [1.54, 1.807) is 24.3 Å². The monoisotopic (exact) mass is 203 g/mol. The van der Waals surface area contributed by atoms with Crippen LogP contribution in [0.4, 0.5) is 5.69 Å². The molecule has 4 N–H and O–H groups in total. The molecular weight excluding hydrogens is 194 g/mol. The highest BCUT2D eigenvalue weighted by atomic mass is 16.4. The van der Waals surface area contributed by atoms with Crippen LogP contribution < -0.4 is 5.73 Å². The zero-order valence-corrected chi connectivity index (χ0v) is 7.77. The van der Waals surface area contributed by atoms with Gasteiger partial charge in [0.25, 0.3) is 0 Å². The third kappa shape index (κ3) is 1.36. The highest BCUT2D eigenvalue weighted by Crippen LogP contribution is 2.32. The molecule has 4 heteroatoms. The first kappa shape index (κ1) is 9.33. The van der Waals surface area contributed by atoms with Crippen molar-refractivity contribution in [2.75, 3.05) is 5.73 Å². The lowest BCUT2D eigenvalue weighted by Crippen LogP contribution is -2.03. The highest BCUT2D eigenvalue weighted by molar-refractivity contribution is 6.09. The number of hydrogen-bond donors (Lipinski definition) is 3. The number of anilines is 1. The van der Waals surface area contributed by atoms with Gasteiger partial charge in [0.1, 0.15) is 5.75 Å². The number of carbonyl (C=O) groups is 1. The van der Waals surface area contributed by atoms with E-state index in [1.807, 2.05) is 0 Å². The lowest BCUT2D eigenvalue weighted by molar-refractivity contribution is 0.0700. The maximum Gasteiger partial charge on any atom is 0.338 e. The van der Waals surface area contributed by atoms with Gasteiger partial charge in [0.05, 0.1) is 11.3 Å². The summed E-state index contributed by atoms with van der Waals surface area (Å²) >= 11 is 0. The average Bonchev–Trinajstić information content (AvgIpc) is 2.19. The van der Waals surface area contributed by atoms with Crippen LogP contribution in [-0.4, -0.2) is 16.2 Å². The molecule has 76 valence electrons. The fourth-order valence-corrected chi connectivity index (χ4v) is 1.58. The second-order valence-corrected chi connectivity index (χ2v) is 3.21. The normalized spacial score (nSPS) is 10.4. The van der Waals surface area contributed by atoms with Crippen molar-refractivity contribution in [2.45, 2.75) is 0 Å². The van der Waals surface area contributed by atoms with E-state index < -0.39 is 5.97 Å². The Balaban J connectivity index is 2.95. The van der Waals surface area contributed by atoms with E-state index in [1.165, 1.54) is 6.07 Å². The number of carboxylic acid groups (broad SMARTS) is 1. The number of phenols is 1. The summed E-state index contributed by atoms with van der Waals surface area (Å²) in [6, 6.07) is 8.33. The molecule has 2 rings (SSSR count). The van der Waals surface area contributed by atoms with E-state index in [-0.39, 0.29) is 17.0 Å². The first-order chi connectivity index (χ1) is 7.11. The van der Waals surface area contributed by atoms with Gasteiger partial charge in [-0.3, -0.25) is 0 Å². The van der Waals surface area contributed by atoms with Crippen LogP contribution in [0.3, 0.4) is 0 Å². The zero-order chi connectivity index (χ0) is 11.0. The molecule has 0 saturated heterocycles. The number of carboxylic acids is 1. The molecule has 0 saturated carbocycles. The molecule has 0 bridgehead atoms. The van der Waals surface area contributed by atoms with Gasteiger partial charge in [-0.2, -0.15) is 0 Å². The van der Waals surface area contributed by atoms with Gasteiger partial charge < -0.3 is 15.9 Å². The highest BCUT2D eigenvalue weighted by Gasteiger charge is 2.15. The fourth-order valence-electron chi connectivity index (χ4n) is 1.58. The lowest BCUT2D eigenvalue weighted by atomic mass is 10.0. The number of aromatic carboxylic acids is 1. The molecule has 0 radical (unpaired) electrons. The Morgan fingerprint density at radius 1 is 1.27 bits per heavy atom.